The number of esters is 1. The monoisotopic (exact) mass is 826 g/mol. The molecule has 64 heavy (non-hydrogen) atoms. The zero-order valence-corrected chi connectivity index (χ0v) is 36.0. The van der Waals surface area contributed by atoms with E-state index in [-0.39, 0.29) is 11.9 Å². The van der Waals surface area contributed by atoms with Crippen molar-refractivity contribution in [1.82, 2.24) is 9.97 Å². The molecule has 12 rings (SSSR count). The van der Waals surface area contributed by atoms with Gasteiger partial charge in [-0.3, -0.25) is 4.79 Å². The van der Waals surface area contributed by atoms with Crippen molar-refractivity contribution in [2.24, 2.45) is 5.92 Å². The Morgan fingerprint density at radius 1 is 0.469 bits per heavy atom. The van der Waals surface area contributed by atoms with E-state index in [1.54, 1.807) is 0 Å². The average Bonchev–Trinajstić information content (AvgIpc) is 3.72. The van der Waals surface area contributed by atoms with Gasteiger partial charge in [-0.15, -0.1) is 0 Å². The van der Waals surface area contributed by atoms with Crippen molar-refractivity contribution in [2.45, 2.75) is 49.9 Å². The zero-order valence-electron chi connectivity index (χ0n) is 36.0. The van der Waals surface area contributed by atoms with Crippen molar-refractivity contribution < 1.29 is 9.53 Å². The van der Waals surface area contributed by atoms with Crippen molar-refractivity contribution in [3.63, 3.8) is 0 Å². The van der Waals surface area contributed by atoms with Crippen molar-refractivity contribution in [3.8, 4) is 28.3 Å². The van der Waals surface area contributed by atoms with E-state index in [0.29, 0.717) is 18.6 Å². The van der Waals surface area contributed by atoms with Crippen LogP contribution in [0.2, 0.25) is 0 Å². The molecule has 0 saturated heterocycles. The first kappa shape index (κ1) is 38.3. The van der Waals surface area contributed by atoms with E-state index in [1.165, 1.54) is 49.4 Å². The molecule has 0 aliphatic heterocycles. The summed E-state index contributed by atoms with van der Waals surface area (Å²) in [5, 5.41) is 6.94. The van der Waals surface area contributed by atoms with Crippen LogP contribution in [0.5, 0.6) is 5.75 Å². The van der Waals surface area contributed by atoms with Crippen LogP contribution in [-0.4, -0.2) is 15.9 Å². The fraction of sp³-hybridized carbons (Fsp3) is 0.150. The molecule has 2 aliphatic rings. The third-order valence-electron chi connectivity index (χ3n) is 14.4. The highest BCUT2D eigenvalue weighted by Crippen LogP contribution is 2.64. The summed E-state index contributed by atoms with van der Waals surface area (Å²) in [6.45, 7) is 4.44. The van der Waals surface area contributed by atoms with Crippen molar-refractivity contribution >= 4 is 49.3 Å². The Hall–Kier alpha value is -7.43. The molecule has 0 spiro atoms. The van der Waals surface area contributed by atoms with E-state index in [9.17, 15) is 4.79 Å². The molecule has 4 unspecified atom stereocenters. The van der Waals surface area contributed by atoms with E-state index in [4.69, 9.17) is 14.7 Å². The standard InChI is InChI=1S/C60H46N2O2/c1-38(40-17-5-3-6-18-40)35-59(50-31-43-21-11-9-19-41(43)29-48(50)56-52(59)33-45-23-13-15-27-54(45)61-56)37-60(36-39(2)58(63)64-47-25-7-4-8-26-47)51-32-44-22-12-10-20-42(44)30-49(51)57-53(60)34-46-24-14-16-28-55(46)62-57/h3-34,38-39H,35-37H2,1-2H3. The topological polar surface area (TPSA) is 52.1 Å². The predicted octanol–water partition coefficient (Wildman–Crippen LogP) is 14.5. The number of para-hydroxylation sites is 3. The molecule has 0 N–H and O–H groups in total. The second-order valence-electron chi connectivity index (χ2n) is 18.3. The first-order valence-corrected chi connectivity index (χ1v) is 22.6. The lowest BCUT2D eigenvalue weighted by atomic mass is 9.57. The third kappa shape index (κ3) is 6.07. The lowest BCUT2D eigenvalue weighted by Crippen LogP contribution is -2.41. The smallest absolute Gasteiger partial charge is 0.314 e. The van der Waals surface area contributed by atoms with Crippen LogP contribution in [0.3, 0.4) is 0 Å². The van der Waals surface area contributed by atoms with Crippen molar-refractivity contribution in [2.75, 3.05) is 0 Å². The van der Waals surface area contributed by atoms with Gasteiger partial charge in [0, 0.05) is 32.7 Å². The Kier molecular flexibility index (Phi) is 8.88. The van der Waals surface area contributed by atoms with Gasteiger partial charge in [-0.2, -0.15) is 0 Å². The van der Waals surface area contributed by atoms with Crippen molar-refractivity contribution in [3.05, 3.63) is 222 Å². The highest BCUT2D eigenvalue weighted by Gasteiger charge is 2.55. The summed E-state index contributed by atoms with van der Waals surface area (Å²) in [6, 6.07) is 69.3. The molecule has 2 aromatic heterocycles. The number of fused-ring (bicyclic) bond motifs is 10. The first-order chi connectivity index (χ1) is 31.4. The highest BCUT2D eigenvalue weighted by molar-refractivity contribution is 5.98. The lowest BCUT2D eigenvalue weighted by molar-refractivity contribution is -0.139. The number of carbonyl (C=O) groups excluding carboxylic acids is 1. The van der Waals surface area contributed by atoms with Gasteiger partial charge in [0.1, 0.15) is 5.75 Å². The van der Waals surface area contributed by atoms with Gasteiger partial charge in [-0.05, 0) is 135 Å². The Morgan fingerprint density at radius 2 is 0.875 bits per heavy atom. The molecular weight excluding hydrogens is 781 g/mol. The normalized spacial score (nSPS) is 18.1. The predicted molar refractivity (Wildman–Crippen MR) is 261 cm³/mol. The molecule has 2 heterocycles. The minimum absolute atomic E-state index is 0.169. The van der Waals surface area contributed by atoms with Crippen LogP contribution in [0.4, 0.5) is 0 Å². The second-order valence-corrected chi connectivity index (χ2v) is 18.3. The molecule has 2 aliphatic carbocycles. The number of ether oxygens (including phenoxy) is 1. The molecule has 0 radical (unpaired) electrons. The largest absolute Gasteiger partial charge is 0.426 e. The molecule has 4 nitrogen and oxygen atoms in total. The third-order valence-corrected chi connectivity index (χ3v) is 14.4. The van der Waals surface area contributed by atoms with Crippen LogP contribution >= 0.6 is 0 Å². The summed E-state index contributed by atoms with van der Waals surface area (Å²) in [5.74, 6) is -0.00189. The van der Waals surface area contributed by atoms with Crippen LogP contribution in [0.25, 0.3) is 65.9 Å². The van der Waals surface area contributed by atoms with Crippen LogP contribution in [-0.2, 0) is 15.6 Å². The van der Waals surface area contributed by atoms with Gasteiger partial charge in [-0.25, -0.2) is 9.97 Å². The molecule has 8 aromatic carbocycles. The summed E-state index contributed by atoms with van der Waals surface area (Å²) in [7, 11) is 0. The maximum atomic E-state index is 14.6. The minimum Gasteiger partial charge on any atom is -0.426 e. The second kappa shape index (κ2) is 14.8. The van der Waals surface area contributed by atoms with Crippen molar-refractivity contribution in [1.29, 1.82) is 0 Å². The van der Waals surface area contributed by atoms with Gasteiger partial charge in [0.05, 0.1) is 28.3 Å². The number of aromatic nitrogens is 2. The van der Waals surface area contributed by atoms with E-state index >= 15 is 0 Å². The minimum atomic E-state index is -0.701. The fourth-order valence-corrected chi connectivity index (χ4v) is 11.5. The van der Waals surface area contributed by atoms with Crippen LogP contribution in [0.1, 0.15) is 66.8 Å². The van der Waals surface area contributed by atoms with Gasteiger partial charge >= 0.3 is 5.97 Å². The van der Waals surface area contributed by atoms with Crippen LogP contribution < -0.4 is 4.74 Å². The molecule has 10 aromatic rings. The molecule has 0 saturated carbocycles. The highest BCUT2D eigenvalue weighted by atomic mass is 16.5. The lowest BCUT2D eigenvalue weighted by Gasteiger charge is -2.44. The summed E-state index contributed by atoms with van der Waals surface area (Å²) < 4.78 is 6.21. The van der Waals surface area contributed by atoms with E-state index in [1.807, 2.05) is 30.3 Å². The zero-order chi connectivity index (χ0) is 43.0. The van der Waals surface area contributed by atoms with Crippen LogP contribution in [0.15, 0.2) is 194 Å². The molecule has 308 valence electrons. The molecule has 4 heteroatoms. The quantitative estimate of drug-likeness (QED) is 0.107. The molecule has 0 fully saturated rings. The first-order valence-electron chi connectivity index (χ1n) is 22.6. The average molecular weight is 827 g/mol. The maximum Gasteiger partial charge on any atom is 0.314 e. The van der Waals surface area contributed by atoms with Gasteiger partial charge in [0.15, 0.2) is 0 Å². The Bertz CT molecular complexity index is 3300. The van der Waals surface area contributed by atoms with E-state index in [0.717, 1.165) is 50.7 Å². The maximum absolute atomic E-state index is 14.6. The molecule has 0 amide bonds. The Morgan fingerprint density at radius 3 is 1.39 bits per heavy atom. The van der Waals surface area contributed by atoms with Gasteiger partial charge in [0.25, 0.3) is 0 Å². The van der Waals surface area contributed by atoms with Crippen LogP contribution in [0, 0.1) is 5.92 Å². The van der Waals surface area contributed by atoms with E-state index in [2.05, 4.69) is 178 Å². The fourth-order valence-electron chi connectivity index (χ4n) is 11.5. The SMILES string of the molecule is CC(CC1(CC2(CC(C)c3ccccc3)c3cc4ccccc4cc3-c3nc4ccccc4cc32)c2cc3ccccc3cc2-c2nc3ccccc3cc21)C(=O)Oc1ccccc1. The number of rotatable bonds is 9. The molecule has 4 atom stereocenters. The summed E-state index contributed by atoms with van der Waals surface area (Å²) >= 11 is 0. The number of benzene rings is 8. The number of carbonyl (C=O) groups is 1. The van der Waals surface area contributed by atoms with E-state index < -0.39 is 16.7 Å². The van der Waals surface area contributed by atoms with Gasteiger partial charge in [0.2, 0.25) is 0 Å². The Labute approximate surface area is 373 Å². The number of hydrogen-bond acceptors (Lipinski definition) is 4. The number of pyridine rings is 2. The molecule has 0 bridgehead atoms. The van der Waals surface area contributed by atoms with Gasteiger partial charge in [-0.1, -0.05) is 147 Å². The summed E-state index contributed by atoms with van der Waals surface area (Å²) in [6.07, 6.45) is 2.01. The summed E-state index contributed by atoms with van der Waals surface area (Å²) in [5.41, 5.74) is 11.2. The number of hydrogen-bond donors (Lipinski definition) is 0. The number of nitrogens with zero attached hydrogens (tertiary/aromatic N) is 2. The summed E-state index contributed by atoms with van der Waals surface area (Å²) in [4.78, 5) is 25.8. The molecular formula is C60H46N2O2. The van der Waals surface area contributed by atoms with Gasteiger partial charge < -0.3 is 4.74 Å². The Balaban J connectivity index is 1.18.